The Morgan fingerprint density at radius 2 is 1.91 bits per heavy atom. The van der Waals surface area contributed by atoms with E-state index < -0.39 is 0 Å². The lowest BCUT2D eigenvalue weighted by atomic mass is 9.66. The molecule has 118 valence electrons. The lowest BCUT2D eigenvalue weighted by Crippen LogP contribution is -2.34. The molecule has 2 aromatic carbocycles. The third kappa shape index (κ3) is 2.91. The zero-order valence-corrected chi connectivity index (χ0v) is 13.2. The van der Waals surface area contributed by atoms with Gasteiger partial charge in [0.2, 0.25) is 0 Å². The first-order chi connectivity index (χ1) is 11.1. The van der Waals surface area contributed by atoms with Crippen LogP contribution in [-0.4, -0.2) is 17.2 Å². The second kappa shape index (κ2) is 5.99. The highest BCUT2D eigenvalue weighted by molar-refractivity contribution is 6.02. The summed E-state index contributed by atoms with van der Waals surface area (Å²) in [6, 6.07) is 13.3. The molecule has 0 heterocycles. The van der Waals surface area contributed by atoms with Crippen molar-refractivity contribution in [2.45, 2.75) is 32.6 Å². The van der Waals surface area contributed by atoms with Gasteiger partial charge in [-0.1, -0.05) is 37.3 Å². The number of carbonyl (C=O) groups is 2. The highest BCUT2D eigenvalue weighted by atomic mass is 16.3. The lowest BCUT2D eigenvalue weighted by molar-refractivity contribution is 0.0872. The van der Waals surface area contributed by atoms with Crippen molar-refractivity contribution < 1.29 is 14.7 Å². The first kappa shape index (κ1) is 15.5. The number of fused-ring (bicyclic) bond motifs is 1. The van der Waals surface area contributed by atoms with E-state index in [1.807, 2.05) is 18.2 Å². The minimum Gasteiger partial charge on any atom is -0.507 e. The number of hydrogen-bond acceptors (Lipinski definition) is 3. The van der Waals surface area contributed by atoms with Gasteiger partial charge in [-0.05, 0) is 47.9 Å². The van der Waals surface area contributed by atoms with Gasteiger partial charge in [-0.15, -0.1) is 0 Å². The molecule has 0 spiro atoms. The van der Waals surface area contributed by atoms with Crippen molar-refractivity contribution in [2.24, 2.45) is 5.41 Å². The summed E-state index contributed by atoms with van der Waals surface area (Å²) in [6.45, 7) is 2.10. The molecule has 0 bridgehead atoms. The molecule has 3 rings (SSSR count). The van der Waals surface area contributed by atoms with Crippen LogP contribution in [0, 0.1) is 5.41 Å². The van der Waals surface area contributed by atoms with Crippen molar-refractivity contribution in [3.8, 4) is 5.75 Å². The van der Waals surface area contributed by atoms with Crippen molar-refractivity contribution in [3.63, 3.8) is 0 Å². The summed E-state index contributed by atoms with van der Waals surface area (Å²) >= 11 is 0. The Kier molecular flexibility index (Phi) is 4.03. The second-order valence-corrected chi connectivity index (χ2v) is 6.48. The van der Waals surface area contributed by atoms with Gasteiger partial charge in [-0.2, -0.15) is 0 Å². The Labute approximate surface area is 136 Å². The van der Waals surface area contributed by atoms with Crippen LogP contribution in [0.5, 0.6) is 5.75 Å². The maximum atomic E-state index is 12.6. The van der Waals surface area contributed by atoms with Gasteiger partial charge in [0.1, 0.15) is 12.0 Å². The van der Waals surface area contributed by atoms with Gasteiger partial charge in [0.05, 0.1) is 5.56 Å². The highest BCUT2D eigenvalue weighted by Crippen LogP contribution is 2.43. The largest absolute Gasteiger partial charge is 0.507 e. The maximum absolute atomic E-state index is 12.6. The smallest absolute Gasteiger partial charge is 0.167 e. The number of hydrogen-bond donors (Lipinski definition) is 1. The molecule has 0 amide bonds. The monoisotopic (exact) mass is 308 g/mol. The molecule has 23 heavy (non-hydrogen) atoms. The number of Topliss-reactive ketones (excluding diaryl/α,β-unsaturated/α-hetero) is 1. The second-order valence-electron chi connectivity index (χ2n) is 6.48. The number of carbonyl (C=O) groups excluding carboxylic acids is 2. The summed E-state index contributed by atoms with van der Waals surface area (Å²) in [5, 5.41) is 10.1. The normalized spacial score (nSPS) is 20.1. The summed E-state index contributed by atoms with van der Waals surface area (Å²) in [6.07, 6.45) is 3.54. The molecule has 1 aliphatic rings. The van der Waals surface area contributed by atoms with Gasteiger partial charge < -0.3 is 5.11 Å². The van der Waals surface area contributed by atoms with Crippen LogP contribution < -0.4 is 0 Å². The fraction of sp³-hybridized carbons (Fsp3) is 0.300. The molecule has 1 atom stereocenters. The van der Waals surface area contributed by atoms with E-state index in [-0.39, 0.29) is 16.9 Å². The van der Waals surface area contributed by atoms with Crippen molar-refractivity contribution in [1.82, 2.24) is 0 Å². The van der Waals surface area contributed by atoms with Crippen molar-refractivity contribution in [3.05, 3.63) is 64.7 Å². The standard InChI is InChI=1S/C20H20O3/c1-2-20(10-14-6-4-3-5-7-14)11-16-8-15(13-21)9-17(22)19(16)18(23)12-20/h3-9,13,22H,2,10-12H2,1H3. The van der Waals surface area contributed by atoms with E-state index >= 15 is 0 Å². The van der Waals surface area contributed by atoms with E-state index in [0.717, 1.165) is 18.4 Å². The molecule has 1 unspecified atom stereocenters. The molecule has 1 aliphatic carbocycles. The van der Waals surface area contributed by atoms with Crippen LogP contribution in [0.2, 0.25) is 0 Å². The fourth-order valence-electron chi connectivity index (χ4n) is 3.66. The first-order valence-electron chi connectivity index (χ1n) is 7.95. The number of ketones is 1. The molecular weight excluding hydrogens is 288 g/mol. The fourth-order valence-corrected chi connectivity index (χ4v) is 3.66. The number of phenols is 1. The summed E-state index contributed by atoms with van der Waals surface area (Å²) in [7, 11) is 0. The van der Waals surface area contributed by atoms with Crippen LogP contribution in [0.15, 0.2) is 42.5 Å². The summed E-state index contributed by atoms with van der Waals surface area (Å²) in [5.74, 6) is -0.0991. The quantitative estimate of drug-likeness (QED) is 0.869. The van der Waals surface area contributed by atoms with E-state index in [1.165, 1.54) is 11.6 Å². The molecule has 0 saturated carbocycles. The summed E-state index contributed by atoms with van der Waals surface area (Å²) in [5.41, 5.74) is 2.66. The van der Waals surface area contributed by atoms with Crippen LogP contribution >= 0.6 is 0 Å². The van der Waals surface area contributed by atoms with Gasteiger partial charge in [0.15, 0.2) is 5.78 Å². The number of aromatic hydroxyl groups is 1. The molecule has 0 aromatic heterocycles. The van der Waals surface area contributed by atoms with E-state index in [9.17, 15) is 14.7 Å². The average molecular weight is 308 g/mol. The summed E-state index contributed by atoms with van der Waals surface area (Å²) in [4.78, 5) is 23.7. The van der Waals surface area contributed by atoms with Crippen LogP contribution in [0.1, 0.15) is 51.6 Å². The topological polar surface area (TPSA) is 54.4 Å². The van der Waals surface area contributed by atoms with Crippen molar-refractivity contribution in [1.29, 1.82) is 0 Å². The number of benzene rings is 2. The van der Waals surface area contributed by atoms with E-state index in [0.29, 0.717) is 30.3 Å². The zero-order chi connectivity index (χ0) is 16.4. The first-order valence-corrected chi connectivity index (χ1v) is 7.95. The van der Waals surface area contributed by atoms with Crippen LogP contribution in [0.4, 0.5) is 0 Å². The predicted molar refractivity (Wildman–Crippen MR) is 89.0 cm³/mol. The van der Waals surface area contributed by atoms with Crippen molar-refractivity contribution >= 4 is 12.1 Å². The molecule has 1 N–H and O–H groups in total. The van der Waals surface area contributed by atoms with Crippen molar-refractivity contribution in [2.75, 3.05) is 0 Å². The molecular formula is C20H20O3. The number of rotatable bonds is 4. The molecule has 3 heteroatoms. The molecule has 0 saturated heterocycles. The Hall–Kier alpha value is -2.42. The third-order valence-corrected chi connectivity index (χ3v) is 4.91. The van der Waals surface area contributed by atoms with E-state index in [4.69, 9.17) is 0 Å². The van der Waals surface area contributed by atoms with Gasteiger partial charge in [-0.3, -0.25) is 9.59 Å². The van der Waals surface area contributed by atoms with Crippen LogP contribution in [0.3, 0.4) is 0 Å². The molecule has 2 aromatic rings. The SMILES string of the molecule is CCC1(Cc2ccccc2)CC(=O)c2c(O)cc(C=O)cc2C1. The Bertz CT molecular complexity index is 749. The van der Waals surface area contributed by atoms with Gasteiger partial charge in [0, 0.05) is 12.0 Å². The summed E-state index contributed by atoms with van der Waals surface area (Å²) < 4.78 is 0. The number of aldehydes is 1. The highest BCUT2D eigenvalue weighted by Gasteiger charge is 2.38. The maximum Gasteiger partial charge on any atom is 0.167 e. The van der Waals surface area contributed by atoms with E-state index in [1.54, 1.807) is 6.07 Å². The van der Waals surface area contributed by atoms with E-state index in [2.05, 4.69) is 19.1 Å². The van der Waals surface area contributed by atoms with Gasteiger partial charge in [-0.25, -0.2) is 0 Å². The average Bonchev–Trinajstić information content (AvgIpc) is 2.54. The molecule has 0 fully saturated rings. The Morgan fingerprint density at radius 1 is 1.17 bits per heavy atom. The van der Waals surface area contributed by atoms with Crippen LogP contribution in [-0.2, 0) is 12.8 Å². The zero-order valence-electron chi connectivity index (χ0n) is 13.2. The minimum absolute atomic E-state index is 0.0287. The molecule has 3 nitrogen and oxygen atoms in total. The Balaban J connectivity index is 2.01. The third-order valence-electron chi connectivity index (χ3n) is 4.91. The number of phenolic OH excluding ortho intramolecular Hbond substituents is 1. The molecule has 0 radical (unpaired) electrons. The predicted octanol–water partition coefficient (Wildman–Crippen LogP) is 3.97. The Morgan fingerprint density at radius 3 is 2.57 bits per heavy atom. The molecule has 0 aliphatic heterocycles. The van der Waals surface area contributed by atoms with Gasteiger partial charge in [0.25, 0.3) is 0 Å². The minimum atomic E-state index is -0.153. The van der Waals surface area contributed by atoms with Gasteiger partial charge >= 0.3 is 0 Å². The van der Waals surface area contributed by atoms with Crippen LogP contribution in [0.25, 0.3) is 0 Å². The lowest BCUT2D eigenvalue weighted by Gasteiger charge is -2.37.